The number of pyridine rings is 1. The lowest BCUT2D eigenvalue weighted by molar-refractivity contribution is -0.116. The Morgan fingerprint density at radius 2 is 1.70 bits per heavy atom. The van der Waals surface area contributed by atoms with Gasteiger partial charge in [-0.2, -0.15) is 0 Å². The number of hydrogen-bond donors (Lipinski definition) is 3. The zero-order chi connectivity index (χ0) is 16.7. The van der Waals surface area contributed by atoms with E-state index in [2.05, 4.69) is 10.6 Å². The van der Waals surface area contributed by atoms with Crippen LogP contribution in [0.4, 0.5) is 5.69 Å². The molecule has 4 N–H and O–H groups in total. The summed E-state index contributed by atoms with van der Waals surface area (Å²) in [5.41, 5.74) is 6.30. The molecule has 1 heterocycles. The highest BCUT2D eigenvalue weighted by Crippen LogP contribution is 2.09. The predicted octanol–water partition coefficient (Wildman–Crippen LogP) is 0.175. The van der Waals surface area contributed by atoms with Crippen molar-refractivity contribution < 1.29 is 9.59 Å². The Labute approximate surface area is 133 Å². The third kappa shape index (κ3) is 5.08. The van der Waals surface area contributed by atoms with Crippen molar-refractivity contribution in [1.82, 2.24) is 9.88 Å². The fraction of sp³-hybridized carbons (Fsp3) is 0.188. The molecule has 7 heteroatoms. The van der Waals surface area contributed by atoms with Gasteiger partial charge in [-0.15, -0.1) is 0 Å². The summed E-state index contributed by atoms with van der Waals surface area (Å²) in [6.45, 7) is 0.889. The Kier molecular flexibility index (Phi) is 5.65. The first kappa shape index (κ1) is 16.4. The van der Waals surface area contributed by atoms with Crippen molar-refractivity contribution in [3.63, 3.8) is 0 Å². The third-order valence-corrected chi connectivity index (χ3v) is 3.05. The molecule has 0 aliphatic carbocycles. The van der Waals surface area contributed by atoms with Crippen LogP contribution in [0, 0.1) is 0 Å². The maximum absolute atomic E-state index is 11.9. The normalized spacial score (nSPS) is 10.1. The second kappa shape index (κ2) is 7.90. The molecule has 23 heavy (non-hydrogen) atoms. The monoisotopic (exact) mass is 314 g/mol. The first-order valence-electron chi connectivity index (χ1n) is 7.13. The third-order valence-electron chi connectivity index (χ3n) is 3.05. The summed E-state index contributed by atoms with van der Waals surface area (Å²) in [4.78, 5) is 34.6. The standard InChI is InChI=1S/C16H18N4O3/c17-7-8-18-16(23)12-1-3-13(4-2-12)19-15(22)11-20-9-5-14(21)6-10-20/h1-6,9-10H,7-8,11,17H2,(H,18,23)(H,19,22). The number of carbonyl (C=O) groups excluding carboxylic acids is 2. The average Bonchev–Trinajstić information content (AvgIpc) is 2.55. The molecule has 1 aromatic heterocycles. The van der Waals surface area contributed by atoms with Gasteiger partial charge in [-0.25, -0.2) is 0 Å². The topological polar surface area (TPSA) is 106 Å². The van der Waals surface area contributed by atoms with Crippen LogP contribution in [0.2, 0.25) is 0 Å². The van der Waals surface area contributed by atoms with Gasteiger partial charge in [0.05, 0.1) is 0 Å². The minimum absolute atomic E-state index is 0.0962. The fourth-order valence-corrected chi connectivity index (χ4v) is 1.91. The van der Waals surface area contributed by atoms with Crippen molar-refractivity contribution >= 4 is 17.5 Å². The van der Waals surface area contributed by atoms with Crippen molar-refractivity contribution in [2.75, 3.05) is 18.4 Å². The lowest BCUT2D eigenvalue weighted by Crippen LogP contribution is -2.28. The van der Waals surface area contributed by atoms with Gasteiger partial charge in [-0.05, 0) is 24.3 Å². The fourth-order valence-electron chi connectivity index (χ4n) is 1.91. The summed E-state index contributed by atoms with van der Waals surface area (Å²) in [5, 5.41) is 5.39. The van der Waals surface area contributed by atoms with Crippen LogP contribution in [-0.4, -0.2) is 29.5 Å². The molecule has 0 aliphatic rings. The van der Waals surface area contributed by atoms with E-state index in [9.17, 15) is 14.4 Å². The maximum atomic E-state index is 11.9. The number of hydrogen-bond acceptors (Lipinski definition) is 4. The molecule has 7 nitrogen and oxygen atoms in total. The van der Waals surface area contributed by atoms with E-state index in [1.165, 1.54) is 12.1 Å². The van der Waals surface area contributed by atoms with Crippen molar-refractivity contribution in [2.45, 2.75) is 6.54 Å². The van der Waals surface area contributed by atoms with Crippen LogP contribution in [0.15, 0.2) is 53.6 Å². The highest BCUT2D eigenvalue weighted by Gasteiger charge is 2.06. The largest absolute Gasteiger partial charge is 0.351 e. The Hall–Kier alpha value is -2.93. The van der Waals surface area contributed by atoms with E-state index in [-0.39, 0.29) is 23.8 Å². The number of nitrogens with one attached hydrogen (secondary N) is 2. The number of benzene rings is 1. The number of amides is 2. The van der Waals surface area contributed by atoms with Crippen molar-refractivity contribution in [3.05, 3.63) is 64.6 Å². The van der Waals surface area contributed by atoms with Gasteiger partial charge in [0.15, 0.2) is 5.43 Å². The van der Waals surface area contributed by atoms with Gasteiger partial charge >= 0.3 is 0 Å². The zero-order valence-electron chi connectivity index (χ0n) is 12.5. The van der Waals surface area contributed by atoms with Crippen LogP contribution < -0.4 is 21.8 Å². The molecule has 0 aliphatic heterocycles. The quantitative estimate of drug-likeness (QED) is 0.707. The summed E-state index contributed by atoms with van der Waals surface area (Å²) in [6.07, 6.45) is 3.10. The number of nitrogens with zero attached hydrogens (tertiary/aromatic N) is 1. The predicted molar refractivity (Wildman–Crippen MR) is 87.2 cm³/mol. The highest BCUT2D eigenvalue weighted by molar-refractivity contribution is 5.95. The van der Waals surface area contributed by atoms with E-state index in [0.717, 1.165) is 0 Å². The van der Waals surface area contributed by atoms with E-state index in [1.807, 2.05) is 0 Å². The molecule has 2 amide bonds. The van der Waals surface area contributed by atoms with Gasteiger partial charge in [0.1, 0.15) is 6.54 Å². The molecule has 1 aromatic carbocycles. The molecule has 0 fully saturated rings. The Morgan fingerprint density at radius 1 is 1.04 bits per heavy atom. The van der Waals surface area contributed by atoms with Crippen LogP contribution in [-0.2, 0) is 11.3 Å². The van der Waals surface area contributed by atoms with Crippen molar-refractivity contribution in [3.8, 4) is 0 Å². The van der Waals surface area contributed by atoms with E-state index in [0.29, 0.717) is 24.3 Å². The molecule has 0 atom stereocenters. The Bertz CT molecular complexity index is 717. The summed E-state index contributed by atoms with van der Waals surface area (Å²) < 4.78 is 1.60. The second-order valence-corrected chi connectivity index (χ2v) is 4.88. The molecular formula is C16H18N4O3. The van der Waals surface area contributed by atoms with Crippen molar-refractivity contribution in [1.29, 1.82) is 0 Å². The van der Waals surface area contributed by atoms with Gasteiger partial charge in [0.25, 0.3) is 5.91 Å². The molecular weight excluding hydrogens is 296 g/mol. The summed E-state index contributed by atoms with van der Waals surface area (Å²) in [7, 11) is 0. The van der Waals surface area contributed by atoms with Crippen LogP contribution in [0.1, 0.15) is 10.4 Å². The van der Waals surface area contributed by atoms with Crippen LogP contribution in [0.5, 0.6) is 0 Å². The molecule has 0 saturated heterocycles. The molecule has 120 valence electrons. The van der Waals surface area contributed by atoms with E-state index < -0.39 is 0 Å². The maximum Gasteiger partial charge on any atom is 0.251 e. The molecule has 0 unspecified atom stereocenters. The first-order chi connectivity index (χ1) is 11.1. The number of rotatable bonds is 6. The molecule has 0 radical (unpaired) electrons. The average molecular weight is 314 g/mol. The number of aromatic nitrogens is 1. The molecule has 2 aromatic rings. The molecule has 0 bridgehead atoms. The van der Waals surface area contributed by atoms with Crippen LogP contribution in [0.3, 0.4) is 0 Å². The van der Waals surface area contributed by atoms with Gasteiger partial charge in [-0.1, -0.05) is 0 Å². The number of anilines is 1. The molecule has 0 spiro atoms. The van der Waals surface area contributed by atoms with Gasteiger partial charge in [0.2, 0.25) is 5.91 Å². The first-order valence-corrected chi connectivity index (χ1v) is 7.13. The van der Waals surface area contributed by atoms with Crippen molar-refractivity contribution in [2.24, 2.45) is 5.73 Å². The lowest BCUT2D eigenvalue weighted by Gasteiger charge is -2.08. The van der Waals surface area contributed by atoms with Gasteiger partial charge in [0, 0.05) is 48.9 Å². The SMILES string of the molecule is NCCNC(=O)c1ccc(NC(=O)Cn2ccc(=O)cc2)cc1. The second-order valence-electron chi connectivity index (χ2n) is 4.88. The van der Waals surface area contributed by atoms with E-state index in [4.69, 9.17) is 5.73 Å². The van der Waals surface area contributed by atoms with Gasteiger partial charge < -0.3 is 20.9 Å². The summed E-state index contributed by atoms with van der Waals surface area (Å²) in [5.74, 6) is -0.435. The molecule has 2 rings (SSSR count). The minimum atomic E-state index is -0.228. The van der Waals surface area contributed by atoms with E-state index in [1.54, 1.807) is 41.2 Å². The minimum Gasteiger partial charge on any atom is -0.351 e. The Balaban J connectivity index is 1.92. The van der Waals surface area contributed by atoms with E-state index >= 15 is 0 Å². The van der Waals surface area contributed by atoms with Gasteiger partial charge in [-0.3, -0.25) is 14.4 Å². The highest BCUT2D eigenvalue weighted by atomic mass is 16.2. The number of nitrogens with two attached hydrogens (primary N) is 1. The lowest BCUT2D eigenvalue weighted by atomic mass is 10.2. The Morgan fingerprint density at radius 3 is 2.30 bits per heavy atom. The van der Waals surface area contributed by atoms with Crippen LogP contribution in [0.25, 0.3) is 0 Å². The van der Waals surface area contributed by atoms with Crippen LogP contribution >= 0.6 is 0 Å². The number of carbonyl (C=O) groups is 2. The summed E-state index contributed by atoms with van der Waals surface area (Å²) in [6, 6.07) is 9.34. The summed E-state index contributed by atoms with van der Waals surface area (Å²) >= 11 is 0. The zero-order valence-corrected chi connectivity index (χ0v) is 12.5. The molecule has 0 saturated carbocycles. The smallest absolute Gasteiger partial charge is 0.251 e.